The van der Waals surface area contributed by atoms with Gasteiger partial charge in [-0.25, -0.2) is 8.42 Å². The molecule has 2 aromatic rings. The smallest absolute Gasteiger partial charge is 0.243 e. The zero-order valence-electron chi connectivity index (χ0n) is 18.6. The third-order valence-electron chi connectivity index (χ3n) is 6.41. The largest absolute Gasteiger partial charge is 0.369 e. The molecule has 2 aliphatic rings. The molecule has 1 N–H and O–H groups in total. The molecule has 0 aliphatic carbocycles. The topological polar surface area (TPSA) is 73.0 Å². The molecule has 2 aliphatic heterocycles. The standard InChI is InChI=1S/C24H32N4O3S/c1-26-14-16-27(17-15-26)22-11-9-20(10-12-22)18-25-24(29)21-6-5-13-28(19-21)32(30,31)23-7-3-2-4-8-23/h2-4,7-12,21H,5-6,13-19H2,1H3,(H,25,29). The highest BCUT2D eigenvalue weighted by Crippen LogP contribution is 2.24. The first-order valence-electron chi connectivity index (χ1n) is 11.3. The second kappa shape index (κ2) is 10.0. The molecule has 2 heterocycles. The Labute approximate surface area is 191 Å². The van der Waals surface area contributed by atoms with E-state index in [-0.39, 0.29) is 23.3 Å². The molecule has 172 valence electrons. The van der Waals surface area contributed by atoms with Crippen LogP contribution in [0.1, 0.15) is 18.4 Å². The number of piperazine rings is 1. The van der Waals surface area contributed by atoms with Gasteiger partial charge < -0.3 is 15.1 Å². The van der Waals surface area contributed by atoms with Gasteiger partial charge in [-0.05, 0) is 49.7 Å². The summed E-state index contributed by atoms with van der Waals surface area (Å²) in [6, 6.07) is 16.8. The predicted octanol–water partition coefficient (Wildman–Crippen LogP) is 2.16. The van der Waals surface area contributed by atoms with Gasteiger partial charge in [0.25, 0.3) is 0 Å². The van der Waals surface area contributed by atoms with Crippen LogP contribution in [0.5, 0.6) is 0 Å². The molecule has 2 saturated heterocycles. The highest BCUT2D eigenvalue weighted by Gasteiger charge is 2.33. The van der Waals surface area contributed by atoms with E-state index in [1.165, 1.54) is 9.99 Å². The van der Waals surface area contributed by atoms with E-state index < -0.39 is 10.0 Å². The zero-order valence-corrected chi connectivity index (χ0v) is 19.4. The third-order valence-corrected chi connectivity index (χ3v) is 8.29. The minimum absolute atomic E-state index is 0.0823. The minimum Gasteiger partial charge on any atom is -0.369 e. The lowest BCUT2D eigenvalue weighted by molar-refractivity contribution is -0.126. The Morgan fingerprint density at radius 2 is 1.66 bits per heavy atom. The Bertz CT molecular complexity index is 1000. The number of sulfonamides is 1. The molecular formula is C24H32N4O3S. The quantitative estimate of drug-likeness (QED) is 0.721. The number of hydrogen-bond acceptors (Lipinski definition) is 5. The van der Waals surface area contributed by atoms with Crippen molar-refractivity contribution in [2.45, 2.75) is 24.3 Å². The fourth-order valence-electron chi connectivity index (χ4n) is 4.34. The summed E-state index contributed by atoms with van der Waals surface area (Å²) in [5, 5.41) is 3.00. The molecule has 2 fully saturated rings. The van der Waals surface area contributed by atoms with Gasteiger partial charge in [-0.15, -0.1) is 0 Å². The average Bonchev–Trinajstić information content (AvgIpc) is 2.84. The third kappa shape index (κ3) is 5.31. The van der Waals surface area contributed by atoms with E-state index in [1.54, 1.807) is 30.3 Å². The Morgan fingerprint density at radius 1 is 0.969 bits per heavy atom. The number of piperidine rings is 1. The molecule has 0 radical (unpaired) electrons. The van der Waals surface area contributed by atoms with Gasteiger partial charge in [0.2, 0.25) is 15.9 Å². The summed E-state index contributed by atoms with van der Waals surface area (Å²) in [6.45, 7) is 5.31. The second-order valence-corrected chi connectivity index (χ2v) is 10.6. The van der Waals surface area contributed by atoms with Crippen LogP contribution in [-0.2, 0) is 21.4 Å². The summed E-state index contributed by atoms with van der Waals surface area (Å²) >= 11 is 0. The van der Waals surface area contributed by atoms with Crippen molar-refractivity contribution >= 4 is 21.6 Å². The first-order chi connectivity index (χ1) is 15.4. The molecule has 0 saturated carbocycles. The highest BCUT2D eigenvalue weighted by atomic mass is 32.2. The number of benzene rings is 2. The number of hydrogen-bond donors (Lipinski definition) is 1. The van der Waals surface area contributed by atoms with E-state index in [9.17, 15) is 13.2 Å². The maximum Gasteiger partial charge on any atom is 0.243 e. The van der Waals surface area contributed by atoms with Crippen LogP contribution in [0.3, 0.4) is 0 Å². The fraction of sp³-hybridized carbons (Fsp3) is 0.458. The van der Waals surface area contributed by atoms with Crippen molar-refractivity contribution in [2.75, 3.05) is 51.2 Å². The number of rotatable bonds is 6. The number of carbonyl (C=O) groups excluding carboxylic acids is 1. The van der Waals surface area contributed by atoms with E-state index in [2.05, 4.69) is 46.4 Å². The lowest BCUT2D eigenvalue weighted by Gasteiger charge is -2.34. The number of likely N-dealkylation sites (N-methyl/N-ethyl adjacent to an activating group) is 1. The molecule has 0 spiro atoms. The lowest BCUT2D eigenvalue weighted by Crippen LogP contribution is -2.45. The van der Waals surface area contributed by atoms with Gasteiger partial charge in [-0.1, -0.05) is 30.3 Å². The Balaban J connectivity index is 1.31. The number of carbonyl (C=O) groups is 1. The predicted molar refractivity (Wildman–Crippen MR) is 126 cm³/mol. The summed E-state index contributed by atoms with van der Waals surface area (Å²) in [5.41, 5.74) is 2.25. The van der Waals surface area contributed by atoms with Gasteiger partial charge in [-0.2, -0.15) is 4.31 Å². The molecule has 1 amide bonds. The summed E-state index contributed by atoms with van der Waals surface area (Å²) < 4.78 is 27.3. The van der Waals surface area contributed by atoms with E-state index in [4.69, 9.17) is 0 Å². The van der Waals surface area contributed by atoms with Gasteiger partial charge in [0.15, 0.2) is 0 Å². The van der Waals surface area contributed by atoms with Crippen LogP contribution in [0.25, 0.3) is 0 Å². The van der Waals surface area contributed by atoms with E-state index >= 15 is 0 Å². The SMILES string of the molecule is CN1CCN(c2ccc(CNC(=O)C3CCCN(S(=O)(=O)c4ccccc4)C3)cc2)CC1. The van der Waals surface area contributed by atoms with Crippen LogP contribution < -0.4 is 10.2 Å². The molecular weight excluding hydrogens is 424 g/mol. The zero-order chi connectivity index (χ0) is 22.6. The van der Waals surface area contributed by atoms with Crippen LogP contribution in [0.2, 0.25) is 0 Å². The summed E-state index contributed by atoms with van der Waals surface area (Å²) in [4.78, 5) is 17.8. The summed E-state index contributed by atoms with van der Waals surface area (Å²) in [7, 11) is -1.42. The van der Waals surface area contributed by atoms with E-state index in [0.29, 0.717) is 25.9 Å². The van der Waals surface area contributed by atoms with Gasteiger partial charge in [0, 0.05) is 51.5 Å². The van der Waals surface area contributed by atoms with Crippen molar-refractivity contribution in [3.8, 4) is 0 Å². The molecule has 4 rings (SSSR count). The van der Waals surface area contributed by atoms with Crippen molar-refractivity contribution in [3.05, 3.63) is 60.2 Å². The van der Waals surface area contributed by atoms with E-state index in [0.717, 1.165) is 31.7 Å². The number of anilines is 1. The van der Waals surface area contributed by atoms with Gasteiger partial charge in [-0.3, -0.25) is 4.79 Å². The molecule has 7 nitrogen and oxygen atoms in total. The monoisotopic (exact) mass is 456 g/mol. The fourth-order valence-corrected chi connectivity index (χ4v) is 5.88. The van der Waals surface area contributed by atoms with Gasteiger partial charge >= 0.3 is 0 Å². The lowest BCUT2D eigenvalue weighted by atomic mass is 9.98. The van der Waals surface area contributed by atoms with Crippen LogP contribution in [-0.4, -0.2) is 69.8 Å². The molecule has 0 bridgehead atoms. The first kappa shape index (κ1) is 22.8. The van der Waals surface area contributed by atoms with Crippen molar-refractivity contribution < 1.29 is 13.2 Å². The van der Waals surface area contributed by atoms with Crippen LogP contribution in [0.4, 0.5) is 5.69 Å². The normalized spacial score (nSPS) is 20.8. The molecule has 0 aromatic heterocycles. The van der Waals surface area contributed by atoms with Crippen molar-refractivity contribution in [1.29, 1.82) is 0 Å². The number of nitrogens with one attached hydrogen (secondary N) is 1. The maximum atomic E-state index is 12.9. The second-order valence-electron chi connectivity index (χ2n) is 8.69. The number of amides is 1. The van der Waals surface area contributed by atoms with Gasteiger partial charge in [0.05, 0.1) is 10.8 Å². The van der Waals surface area contributed by atoms with Crippen LogP contribution in [0.15, 0.2) is 59.5 Å². The van der Waals surface area contributed by atoms with Crippen LogP contribution in [0, 0.1) is 5.92 Å². The Kier molecular flexibility index (Phi) is 7.13. The average molecular weight is 457 g/mol. The Hall–Kier alpha value is -2.42. The minimum atomic E-state index is -3.57. The first-order valence-corrected chi connectivity index (χ1v) is 12.7. The molecule has 8 heteroatoms. The van der Waals surface area contributed by atoms with Crippen molar-refractivity contribution in [2.24, 2.45) is 5.92 Å². The maximum absolute atomic E-state index is 12.9. The van der Waals surface area contributed by atoms with Crippen molar-refractivity contribution in [3.63, 3.8) is 0 Å². The summed E-state index contributed by atoms with van der Waals surface area (Å²) in [6.07, 6.45) is 1.39. The molecule has 32 heavy (non-hydrogen) atoms. The molecule has 2 aromatic carbocycles. The van der Waals surface area contributed by atoms with Crippen molar-refractivity contribution in [1.82, 2.24) is 14.5 Å². The van der Waals surface area contributed by atoms with Crippen LogP contribution >= 0.6 is 0 Å². The summed E-state index contributed by atoms with van der Waals surface area (Å²) in [5.74, 6) is -0.409. The highest BCUT2D eigenvalue weighted by molar-refractivity contribution is 7.89. The molecule has 1 atom stereocenters. The molecule has 1 unspecified atom stereocenters. The van der Waals surface area contributed by atoms with E-state index in [1.807, 2.05) is 0 Å². The number of nitrogens with zero attached hydrogens (tertiary/aromatic N) is 3. The Morgan fingerprint density at radius 3 is 2.34 bits per heavy atom. The van der Waals surface area contributed by atoms with Gasteiger partial charge in [0.1, 0.15) is 0 Å².